The average molecular weight is 403 g/mol. The summed E-state index contributed by atoms with van der Waals surface area (Å²) in [4.78, 5) is 15.1. The minimum absolute atomic E-state index is 0.287. The molecule has 0 saturated carbocycles. The maximum absolute atomic E-state index is 12.7. The van der Waals surface area contributed by atoms with Crippen LogP contribution < -0.4 is 15.0 Å². The normalized spacial score (nSPS) is 12.9. The van der Waals surface area contributed by atoms with Gasteiger partial charge in [0, 0.05) is 22.3 Å². The molecule has 4 nitrogen and oxygen atoms in total. The summed E-state index contributed by atoms with van der Waals surface area (Å²) in [5, 5.41) is 4.49. The Labute approximate surface area is 165 Å². The molecule has 1 aromatic heterocycles. The number of amides is 1. The molecule has 26 heavy (non-hydrogen) atoms. The number of carbonyl (C=O) groups excluding carboxylic acids is 1. The van der Waals surface area contributed by atoms with Crippen molar-refractivity contribution in [3.63, 3.8) is 0 Å². The topological polar surface area (TPSA) is 41.6 Å². The second-order valence-electron chi connectivity index (χ2n) is 5.90. The monoisotopic (exact) mass is 402 g/mol. The van der Waals surface area contributed by atoms with E-state index in [1.54, 1.807) is 7.11 Å². The number of hydrogen-bond donors (Lipinski definition) is 1. The van der Waals surface area contributed by atoms with Gasteiger partial charge in [0.25, 0.3) is 5.91 Å². The number of nitrogens with zero attached hydrogens (tertiary/aromatic N) is 1. The third-order valence-corrected chi connectivity index (χ3v) is 6.37. The van der Waals surface area contributed by atoms with Crippen LogP contribution in [0.2, 0.25) is 5.02 Å². The molecular formula is C19H15ClN2O2S2. The molecule has 1 amide bonds. The predicted molar refractivity (Wildman–Crippen MR) is 111 cm³/mol. The van der Waals surface area contributed by atoms with E-state index in [0.717, 1.165) is 34.5 Å². The molecule has 2 heterocycles. The molecule has 132 valence electrons. The van der Waals surface area contributed by atoms with Gasteiger partial charge in [-0.1, -0.05) is 29.8 Å². The Kier molecular flexibility index (Phi) is 4.56. The fraction of sp³-hybridized carbons (Fsp3) is 0.158. The summed E-state index contributed by atoms with van der Waals surface area (Å²) in [5.41, 5.74) is 2.28. The predicted octanol–water partition coefficient (Wildman–Crippen LogP) is 4.64. The van der Waals surface area contributed by atoms with Crippen molar-refractivity contribution in [1.82, 2.24) is 5.32 Å². The standard InChI is InChI=1S/C19H15ClN2O2S2/c1-24-12-6-7-13-15(10-12)26-17(16(13)20)18(23)21-19(25)22-9-8-11-4-2-3-5-14(11)22/h2-7,10H,8-9H2,1H3,(H,21,23,25). The number of nitrogens with one attached hydrogen (secondary N) is 1. The highest BCUT2D eigenvalue weighted by Crippen LogP contribution is 2.37. The van der Waals surface area contributed by atoms with Crippen molar-refractivity contribution in [2.75, 3.05) is 18.6 Å². The highest BCUT2D eigenvalue weighted by molar-refractivity contribution is 7.80. The molecular weight excluding hydrogens is 388 g/mol. The van der Waals surface area contributed by atoms with E-state index < -0.39 is 0 Å². The molecule has 2 aromatic carbocycles. The zero-order valence-corrected chi connectivity index (χ0v) is 16.3. The number of fused-ring (bicyclic) bond motifs is 2. The number of thiocarbonyl (C=S) groups is 1. The number of ether oxygens (including phenoxy) is 1. The van der Waals surface area contributed by atoms with Gasteiger partial charge in [-0.15, -0.1) is 11.3 Å². The van der Waals surface area contributed by atoms with Crippen LogP contribution in [0.15, 0.2) is 42.5 Å². The molecule has 0 atom stereocenters. The lowest BCUT2D eigenvalue weighted by Gasteiger charge is -2.20. The smallest absolute Gasteiger partial charge is 0.269 e. The van der Waals surface area contributed by atoms with Gasteiger partial charge >= 0.3 is 0 Å². The molecule has 0 spiro atoms. The van der Waals surface area contributed by atoms with Crippen molar-refractivity contribution in [2.24, 2.45) is 0 Å². The average Bonchev–Trinajstić information content (AvgIpc) is 3.23. The lowest BCUT2D eigenvalue weighted by atomic mass is 10.2. The van der Waals surface area contributed by atoms with Crippen LogP contribution in [-0.4, -0.2) is 24.7 Å². The highest BCUT2D eigenvalue weighted by atomic mass is 35.5. The minimum Gasteiger partial charge on any atom is -0.497 e. The molecule has 0 radical (unpaired) electrons. The number of carbonyl (C=O) groups is 1. The Balaban J connectivity index is 1.58. The Hall–Kier alpha value is -2.15. The van der Waals surface area contributed by atoms with Crippen molar-refractivity contribution >= 4 is 61.9 Å². The summed E-state index contributed by atoms with van der Waals surface area (Å²) >= 11 is 13.2. The quantitative estimate of drug-likeness (QED) is 0.634. The fourth-order valence-electron chi connectivity index (χ4n) is 3.09. The summed E-state index contributed by atoms with van der Waals surface area (Å²) < 4.78 is 6.13. The summed E-state index contributed by atoms with van der Waals surface area (Å²) in [6.07, 6.45) is 0.912. The van der Waals surface area contributed by atoms with Gasteiger partial charge in [-0.25, -0.2) is 0 Å². The van der Waals surface area contributed by atoms with Crippen LogP contribution in [-0.2, 0) is 6.42 Å². The zero-order valence-electron chi connectivity index (χ0n) is 13.9. The molecule has 1 N–H and O–H groups in total. The Bertz CT molecular complexity index is 1030. The molecule has 1 aliphatic heterocycles. The van der Waals surface area contributed by atoms with E-state index in [2.05, 4.69) is 11.4 Å². The minimum atomic E-state index is -0.287. The van der Waals surface area contributed by atoms with E-state index in [9.17, 15) is 4.79 Å². The van der Waals surface area contributed by atoms with E-state index in [1.165, 1.54) is 16.9 Å². The molecule has 7 heteroatoms. The second kappa shape index (κ2) is 6.87. The molecule has 4 rings (SSSR count). The molecule has 1 aliphatic rings. The number of methoxy groups -OCH3 is 1. The molecule has 0 saturated heterocycles. The van der Waals surface area contributed by atoms with Gasteiger partial charge < -0.3 is 9.64 Å². The van der Waals surface area contributed by atoms with Crippen molar-refractivity contribution in [2.45, 2.75) is 6.42 Å². The Morgan fingerprint density at radius 1 is 1.31 bits per heavy atom. The molecule has 0 bridgehead atoms. The molecule has 0 fully saturated rings. The first-order valence-electron chi connectivity index (χ1n) is 8.05. The molecule has 0 aliphatic carbocycles. The van der Waals surface area contributed by atoms with Gasteiger partial charge in [-0.3, -0.25) is 10.1 Å². The van der Waals surface area contributed by atoms with Crippen molar-refractivity contribution in [3.05, 3.63) is 57.9 Å². The largest absolute Gasteiger partial charge is 0.497 e. The lowest BCUT2D eigenvalue weighted by molar-refractivity contribution is 0.0981. The first kappa shape index (κ1) is 17.3. The van der Waals surface area contributed by atoms with Crippen LogP contribution in [0.4, 0.5) is 5.69 Å². The molecule has 0 unspecified atom stereocenters. The van der Waals surface area contributed by atoms with E-state index in [1.807, 2.05) is 41.3 Å². The number of rotatable bonds is 2. The van der Waals surface area contributed by atoms with E-state index in [4.69, 9.17) is 28.6 Å². The van der Waals surface area contributed by atoms with Crippen LogP contribution in [0.5, 0.6) is 5.75 Å². The van der Waals surface area contributed by atoms with Gasteiger partial charge in [0.15, 0.2) is 5.11 Å². The van der Waals surface area contributed by atoms with Crippen molar-refractivity contribution in [3.8, 4) is 5.75 Å². The number of halogens is 1. The summed E-state index contributed by atoms with van der Waals surface area (Å²) in [6, 6.07) is 13.6. The van der Waals surface area contributed by atoms with E-state index in [0.29, 0.717) is 15.0 Å². The second-order valence-corrected chi connectivity index (χ2v) is 7.71. The third-order valence-electron chi connectivity index (χ3n) is 4.40. The van der Waals surface area contributed by atoms with Crippen LogP contribution in [0, 0.1) is 0 Å². The number of thiophene rings is 1. The number of hydrogen-bond acceptors (Lipinski definition) is 4. The lowest BCUT2D eigenvalue weighted by Crippen LogP contribution is -2.41. The van der Waals surface area contributed by atoms with Gasteiger partial charge in [-0.05, 0) is 48.5 Å². The summed E-state index contributed by atoms with van der Waals surface area (Å²) in [7, 11) is 1.61. The van der Waals surface area contributed by atoms with Crippen LogP contribution in [0.25, 0.3) is 10.1 Å². The van der Waals surface area contributed by atoms with E-state index in [-0.39, 0.29) is 5.91 Å². The van der Waals surface area contributed by atoms with Crippen molar-refractivity contribution < 1.29 is 9.53 Å². The molecule has 3 aromatic rings. The van der Waals surface area contributed by atoms with Gasteiger partial charge in [0.2, 0.25) is 0 Å². The summed E-state index contributed by atoms with van der Waals surface area (Å²) in [6.45, 7) is 0.760. The number of anilines is 1. The first-order valence-corrected chi connectivity index (χ1v) is 9.65. The Morgan fingerprint density at radius 3 is 2.92 bits per heavy atom. The highest BCUT2D eigenvalue weighted by Gasteiger charge is 2.25. The number of para-hydroxylation sites is 1. The Morgan fingerprint density at radius 2 is 2.12 bits per heavy atom. The summed E-state index contributed by atoms with van der Waals surface area (Å²) in [5.74, 6) is 0.441. The number of benzene rings is 2. The third kappa shape index (κ3) is 2.94. The zero-order chi connectivity index (χ0) is 18.3. The van der Waals surface area contributed by atoms with Crippen LogP contribution >= 0.6 is 35.2 Å². The first-order chi connectivity index (χ1) is 12.6. The van der Waals surface area contributed by atoms with E-state index >= 15 is 0 Å². The van der Waals surface area contributed by atoms with Crippen LogP contribution in [0.3, 0.4) is 0 Å². The fourth-order valence-corrected chi connectivity index (χ4v) is 4.81. The maximum atomic E-state index is 12.7. The van der Waals surface area contributed by atoms with Crippen LogP contribution in [0.1, 0.15) is 15.2 Å². The van der Waals surface area contributed by atoms with Gasteiger partial charge in [-0.2, -0.15) is 0 Å². The van der Waals surface area contributed by atoms with Gasteiger partial charge in [0.05, 0.1) is 12.1 Å². The maximum Gasteiger partial charge on any atom is 0.269 e. The van der Waals surface area contributed by atoms with Crippen molar-refractivity contribution in [1.29, 1.82) is 0 Å². The van der Waals surface area contributed by atoms with Gasteiger partial charge in [0.1, 0.15) is 10.6 Å². The SMILES string of the molecule is COc1ccc2c(Cl)c(C(=O)NC(=S)N3CCc4ccccc43)sc2c1.